The molecule has 0 aliphatic rings. The summed E-state index contributed by atoms with van der Waals surface area (Å²) < 4.78 is 23.2. The molecular formula is C12H20N2O2S. The second kappa shape index (κ2) is 6.12. The van der Waals surface area contributed by atoms with Crippen LogP contribution in [0.3, 0.4) is 0 Å². The van der Waals surface area contributed by atoms with E-state index in [1.807, 2.05) is 19.1 Å². The van der Waals surface area contributed by atoms with Crippen LogP contribution >= 0.6 is 0 Å². The second-order valence-corrected chi connectivity index (χ2v) is 7.05. The Bertz CT molecular complexity index is 429. The van der Waals surface area contributed by atoms with Crippen molar-refractivity contribution >= 4 is 9.84 Å². The van der Waals surface area contributed by atoms with Gasteiger partial charge in [-0.3, -0.25) is 4.98 Å². The minimum atomic E-state index is -2.95. The SMILES string of the molecule is CC(C)S(=O)(=O)CCN[C@H](C)c1cccnc1. The maximum absolute atomic E-state index is 11.6. The van der Waals surface area contributed by atoms with Gasteiger partial charge in [-0.15, -0.1) is 0 Å². The first-order valence-corrected chi connectivity index (χ1v) is 7.50. The average Bonchev–Trinajstić information content (AvgIpc) is 2.29. The van der Waals surface area contributed by atoms with Crippen LogP contribution in [0.5, 0.6) is 0 Å². The van der Waals surface area contributed by atoms with Crippen molar-refractivity contribution in [2.75, 3.05) is 12.3 Å². The van der Waals surface area contributed by atoms with Crippen LogP contribution in [0.4, 0.5) is 0 Å². The molecule has 1 N–H and O–H groups in total. The molecule has 0 saturated heterocycles. The molecule has 0 aliphatic carbocycles. The van der Waals surface area contributed by atoms with Crippen molar-refractivity contribution in [3.63, 3.8) is 0 Å². The Hall–Kier alpha value is -0.940. The van der Waals surface area contributed by atoms with Gasteiger partial charge >= 0.3 is 0 Å². The van der Waals surface area contributed by atoms with E-state index < -0.39 is 9.84 Å². The third-order valence-corrected chi connectivity index (χ3v) is 4.95. The fourth-order valence-corrected chi connectivity index (χ4v) is 2.28. The zero-order valence-electron chi connectivity index (χ0n) is 10.6. The molecule has 1 atom stereocenters. The van der Waals surface area contributed by atoms with Crippen molar-refractivity contribution in [3.05, 3.63) is 30.1 Å². The minimum Gasteiger partial charge on any atom is -0.309 e. The third kappa shape index (κ3) is 4.44. The van der Waals surface area contributed by atoms with Crippen molar-refractivity contribution in [1.29, 1.82) is 0 Å². The lowest BCUT2D eigenvalue weighted by molar-refractivity contribution is 0.566. The highest BCUT2D eigenvalue weighted by Gasteiger charge is 2.15. The van der Waals surface area contributed by atoms with E-state index in [1.165, 1.54) is 0 Å². The van der Waals surface area contributed by atoms with Gasteiger partial charge in [0, 0.05) is 25.0 Å². The van der Waals surface area contributed by atoms with Crippen LogP contribution in [0, 0.1) is 0 Å². The fraction of sp³-hybridized carbons (Fsp3) is 0.583. The standard InChI is InChI=1S/C12H20N2O2S/c1-10(2)17(15,16)8-7-14-11(3)12-5-4-6-13-9-12/h4-6,9-11,14H,7-8H2,1-3H3/t11-/m1/s1. The summed E-state index contributed by atoms with van der Waals surface area (Å²) in [5.41, 5.74) is 1.06. The summed E-state index contributed by atoms with van der Waals surface area (Å²) >= 11 is 0. The maximum Gasteiger partial charge on any atom is 0.153 e. The van der Waals surface area contributed by atoms with Crippen LogP contribution in [0.1, 0.15) is 32.4 Å². The molecule has 0 amide bonds. The molecule has 0 aliphatic heterocycles. The molecule has 1 rings (SSSR count). The lowest BCUT2D eigenvalue weighted by Crippen LogP contribution is -2.29. The molecule has 4 nitrogen and oxygen atoms in total. The maximum atomic E-state index is 11.6. The van der Waals surface area contributed by atoms with Crippen molar-refractivity contribution in [2.45, 2.75) is 32.1 Å². The molecule has 0 fully saturated rings. The minimum absolute atomic E-state index is 0.117. The van der Waals surface area contributed by atoms with Gasteiger partial charge in [0.2, 0.25) is 0 Å². The molecule has 1 aromatic rings. The average molecular weight is 256 g/mol. The van der Waals surface area contributed by atoms with E-state index in [2.05, 4.69) is 10.3 Å². The van der Waals surface area contributed by atoms with Crippen molar-refractivity contribution in [1.82, 2.24) is 10.3 Å². The number of nitrogens with zero attached hydrogens (tertiary/aromatic N) is 1. The molecule has 0 bridgehead atoms. The van der Waals surface area contributed by atoms with Crippen LogP contribution in [-0.4, -0.2) is 30.9 Å². The van der Waals surface area contributed by atoms with Gasteiger partial charge in [-0.25, -0.2) is 8.42 Å². The largest absolute Gasteiger partial charge is 0.309 e. The molecule has 1 heterocycles. The Labute approximate surface area is 103 Å². The van der Waals surface area contributed by atoms with Crippen LogP contribution in [0.2, 0.25) is 0 Å². The molecule has 96 valence electrons. The van der Waals surface area contributed by atoms with E-state index in [4.69, 9.17) is 0 Å². The van der Waals surface area contributed by atoms with Crippen LogP contribution < -0.4 is 5.32 Å². The van der Waals surface area contributed by atoms with Crippen molar-refractivity contribution in [2.24, 2.45) is 0 Å². The van der Waals surface area contributed by atoms with E-state index in [1.54, 1.807) is 26.2 Å². The smallest absolute Gasteiger partial charge is 0.153 e. The first kappa shape index (κ1) is 14.1. The first-order valence-electron chi connectivity index (χ1n) is 5.78. The first-order chi connectivity index (χ1) is 7.93. The molecule has 0 aromatic carbocycles. The highest BCUT2D eigenvalue weighted by atomic mass is 32.2. The van der Waals surface area contributed by atoms with Gasteiger partial charge in [0.05, 0.1) is 11.0 Å². The van der Waals surface area contributed by atoms with Gasteiger partial charge in [0.25, 0.3) is 0 Å². The van der Waals surface area contributed by atoms with Gasteiger partial charge in [-0.2, -0.15) is 0 Å². The predicted molar refractivity (Wildman–Crippen MR) is 69.6 cm³/mol. The normalized spacial score (nSPS) is 13.9. The summed E-state index contributed by atoms with van der Waals surface area (Å²) in [6, 6.07) is 3.96. The van der Waals surface area contributed by atoms with Crippen molar-refractivity contribution in [3.8, 4) is 0 Å². The number of rotatable bonds is 6. The quantitative estimate of drug-likeness (QED) is 0.839. The third-order valence-electron chi connectivity index (χ3n) is 2.74. The zero-order chi connectivity index (χ0) is 12.9. The highest BCUT2D eigenvalue weighted by molar-refractivity contribution is 7.92. The Balaban J connectivity index is 2.43. The predicted octanol–water partition coefficient (Wildman–Crippen LogP) is 1.56. The summed E-state index contributed by atoms with van der Waals surface area (Å²) in [4.78, 5) is 4.03. The fourth-order valence-electron chi connectivity index (χ4n) is 1.40. The summed E-state index contributed by atoms with van der Waals surface area (Å²) in [7, 11) is -2.95. The van der Waals surface area contributed by atoms with E-state index in [0.717, 1.165) is 5.56 Å². The van der Waals surface area contributed by atoms with Crippen LogP contribution in [0.15, 0.2) is 24.5 Å². The Morgan fingerprint density at radius 3 is 2.59 bits per heavy atom. The van der Waals surface area contributed by atoms with E-state index >= 15 is 0 Å². The molecule has 1 aromatic heterocycles. The van der Waals surface area contributed by atoms with Crippen LogP contribution in [-0.2, 0) is 9.84 Å². The second-order valence-electron chi connectivity index (χ2n) is 4.38. The van der Waals surface area contributed by atoms with Gasteiger partial charge < -0.3 is 5.32 Å². The molecule has 5 heteroatoms. The number of hydrogen-bond donors (Lipinski definition) is 1. The number of nitrogens with one attached hydrogen (secondary N) is 1. The summed E-state index contributed by atoms with van der Waals surface area (Å²) in [5, 5.41) is 2.88. The number of hydrogen-bond acceptors (Lipinski definition) is 4. The molecule has 0 saturated carbocycles. The Kier molecular flexibility index (Phi) is 5.08. The lowest BCUT2D eigenvalue weighted by Gasteiger charge is -2.14. The number of pyridine rings is 1. The van der Waals surface area contributed by atoms with E-state index in [0.29, 0.717) is 6.54 Å². The Morgan fingerprint density at radius 1 is 1.35 bits per heavy atom. The lowest BCUT2D eigenvalue weighted by atomic mass is 10.1. The summed E-state index contributed by atoms with van der Waals surface area (Å²) in [5.74, 6) is 0.176. The zero-order valence-corrected chi connectivity index (χ0v) is 11.4. The highest BCUT2D eigenvalue weighted by Crippen LogP contribution is 2.09. The molecule has 0 unspecified atom stereocenters. The van der Waals surface area contributed by atoms with Crippen molar-refractivity contribution < 1.29 is 8.42 Å². The molecule has 0 spiro atoms. The van der Waals surface area contributed by atoms with Gasteiger partial charge in [0.1, 0.15) is 0 Å². The molecule has 0 radical (unpaired) electrons. The van der Waals surface area contributed by atoms with Gasteiger partial charge in [-0.05, 0) is 32.4 Å². The molecule has 17 heavy (non-hydrogen) atoms. The van der Waals surface area contributed by atoms with Gasteiger partial charge in [-0.1, -0.05) is 6.07 Å². The van der Waals surface area contributed by atoms with Crippen LogP contribution in [0.25, 0.3) is 0 Å². The molecular weight excluding hydrogens is 236 g/mol. The monoisotopic (exact) mass is 256 g/mol. The topological polar surface area (TPSA) is 59.1 Å². The number of sulfone groups is 1. The number of aromatic nitrogens is 1. The summed E-state index contributed by atoms with van der Waals surface area (Å²) in [6.45, 7) is 5.88. The van der Waals surface area contributed by atoms with E-state index in [-0.39, 0.29) is 17.0 Å². The summed E-state index contributed by atoms with van der Waals surface area (Å²) in [6.07, 6.45) is 3.51. The van der Waals surface area contributed by atoms with Gasteiger partial charge in [0.15, 0.2) is 9.84 Å². The van der Waals surface area contributed by atoms with E-state index in [9.17, 15) is 8.42 Å². The Morgan fingerprint density at radius 2 is 2.06 bits per heavy atom.